The van der Waals surface area contributed by atoms with E-state index in [4.69, 9.17) is 11.6 Å². The number of benzene rings is 2. The van der Waals surface area contributed by atoms with Crippen LogP contribution in [0, 0.1) is 23.1 Å². The summed E-state index contributed by atoms with van der Waals surface area (Å²) in [6.07, 6.45) is 4.72. The molecule has 1 aliphatic heterocycles. The molecule has 7 nitrogen and oxygen atoms in total. The second-order valence-corrected chi connectivity index (χ2v) is 11.3. The van der Waals surface area contributed by atoms with E-state index < -0.39 is 5.82 Å². The second kappa shape index (κ2) is 10.9. The third-order valence-corrected chi connectivity index (χ3v) is 8.78. The molecule has 0 bridgehead atoms. The van der Waals surface area contributed by atoms with E-state index in [1.807, 2.05) is 23.1 Å². The van der Waals surface area contributed by atoms with Gasteiger partial charge in [-0.1, -0.05) is 23.7 Å². The highest BCUT2D eigenvalue weighted by atomic mass is 35.5. The van der Waals surface area contributed by atoms with Gasteiger partial charge in [-0.15, -0.1) is 0 Å². The highest BCUT2D eigenvalue weighted by Crippen LogP contribution is 2.62. The minimum Gasteiger partial charge on any atom is -0.352 e. The first-order valence-corrected chi connectivity index (χ1v) is 13.7. The Kier molecular flexibility index (Phi) is 7.60. The molecule has 4 atom stereocenters. The van der Waals surface area contributed by atoms with Crippen molar-refractivity contribution in [3.05, 3.63) is 64.4 Å². The Balaban J connectivity index is 1.28. The predicted octanol–water partition coefficient (Wildman–Crippen LogP) is 4.91. The summed E-state index contributed by atoms with van der Waals surface area (Å²) in [4.78, 5) is 29.2. The van der Waals surface area contributed by atoms with Crippen LogP contribution in [-0.4, -0.2) is 60.0 Å². The van der Waals surface area contributed by atoms with E-state index in [1.54, 1.807) is 0 Å². The Hall–Kier alpha value is -3.15. The normalized spacial score (nSPS) is 26.2. The minimum absolute atomic E-state index is 0.0220. The average Bonchev–Trinajstić information content (AvgIpc) is 3.49. The lowest BCUT2D eigenvalue weighted by Gasteiger charge is -2.37. The fraction of sp³-hybridized carbons (Fsp3) is 0.483. The second-order valence-electron chi connectivity index (χ2n) is 10.9. The van der Waals surface area contributed by atoms with Crippen LogP contribution in [0.3, 0.4) is 0 Å². The van der Waals surface area contributed by atoms with Gasteiger partial charge in [0.15, 0.2) is 0 Å². The van der Waals surface area contributed by atoms with E-state index in [-0.39, 0.29) is 34.5 Å². The molecule has 2 unspecified atom stereocenters. The zero-order valence-corrected chi connectivity index (χ0v) is 22.3. The van der Waals surface area contributed by atoms with E-state index >= 15 is 0 Å². The molecule has 1 saturated heterocycles. The number of urea groups is 1. The van der Waals surface area contributed by atoms with Crippen LogP contribution in [-0.2, 0) is 10.2 Å². The Morgan fingerprint density at radius 3 is 2.84 bits per heavy atom. The van der Waals surface area contributed by atoms with E-state index in [2.05, 4.69) is 27.7 Å². The molecule has 3 fully saturated rings. The number of likely N-dealkylation sites (tertiary alicyclic amines) is 1. The molecule has 0 aromatic heterocycles. The zero-order chi connectivity index (χ0) is 26.9. The van der Waals surface area contributed by atoms with Crippen LogP contribution in [0.4, 0.5) is 14.9 Å². The van der Waals surface area contributed by atoms with Crippen LogP contribution in [0.1, 0.15) is 50.2 Å². The molecule has 5 rings (SSSR count). The third kappa shape index (κ3) is 5.64. The molecule has 3 aliphatic rings. The molecular weight excluding hydrogens is 505 g/mol. The number of anilines is 1. The maximum atomic E-state index is 13.7. The van der Waals surface area contributed by atoms with Crippen molar-refractivity contribution in [2.24, 2.45) is 5.92 Å². The number of fused-ring (bicyclic) bond motifs is 1. The molecule has 2 aliphatic carbocycles. The highest BCUT2D eigenvalue weighted by molar-refractivity contribution is 6.31. The molecule has 1 heterocycles. The number of rotatable bonds is 7. The highest BCUT2D eigenvalue weighted by Gasteiger charge is 2.58. The van der Waals surface area contributed by atoms with Crippen LogP contribution in [0.15, 0.2) is 42.5 Å². The van der Waals surface area contributed by atoms with Gasteiger partial charge in [-0.05, 0) is 79.3 Å². The average molecular weight is 538 g/mol. The molecule has 0 radical (unpaired) electrons. The van der Waals surface area contributed by atoms with Crippen molar-refractivity contribution in [3.8, 4) is 6.07 Å². The monoisotopic (exact) mass is 537 g/mol. The van der Waals surface area contributed by atoms with E-state index in [0.717, 1.165) is 45.2 Å². The number of amides is 3. The van der Waals surface area contributed by atoms with Gasteiger partial charge in [-0.3, -0.25) is 9.69 Å². The summed E-state index contributed by atoms with van der Waals surface area (Å²) in [5.74, 6) is -0.0740. The minimum atomic E-state index is -0.526. The van der Waals surface area contributed by atoms with Gasteiger partial charge in [0, 0.05) is 50.9 Å². The van der Waals surface area contributed by atoms with Gasteiger partial charge in [0.1, 0.15) is 5.82 Å². The van der Waals surface area contributed by atoms with Gasteiger partial charge in [0.05, 0.1) is 16.7 Å². The van der Waals surface area contributed by atoms with Gasteiger partial charge in [-0.2, -0.15) is 5.26 Å². The fourth-order valence-electron chi connectivity index (χ4n) is 6.46. The van der Waals surface area contributed by atoms with Crippen LogP contribution in [0.25, 0.3) is 0 Å². The number of carbonyl (C=O) groups is 2. The topological polar surface area (TPSA) is 88.5 Å². The maximum absolute atomic E-state index is 13.7. The predicted molar refractivity (Wildman–Crippen MR) is 144 cm³/mol. The van der Waals surface area contributed by atoms with E-state index in [0.29, 0.717) is 30.3 Å². The summed E-state index contributed by atoms with van der Waals surface area (Å²) in [7, 11) is 0. The van der Waals surface area contributed by atoms with Crippen molar-refractivity contribution in [1.29, 1.82) is 5.26 Å². The molecule has 9 heteroatoms. The summed E-state index contributed by atoms with van der Waals surface area (Å²) >= 11 is 5.95. The van der Waals surface area contributed by atoms with Crippen LogP contribution in [0.2, 0.25) is 5.02 Å². The zero-order valence-electron chi connectivity index (χ0n) is 21.6. The van der Waals surface area contributed by atoms with Crippen molar-refractivity contribution in [2.45, 2.75) is 56.5 Å². The Morgan fingerprint density at radius 2 is 2.11 bits per heavy atom. The Morgan fingerprint density at radius 1 is 1.26 bits per heavy atom. The summed E-state index contributed by atoms with van der Waals surface area (Å²) in [6.45, 7) is 4.45. The van der Waals surface area contributed by atoms with Crippen molar-refractivity contribution >= 4 is 29.2 Å². The van der Waals surface area contributed by atoms with Crippen LogP contribution < -0.4 is 10.6 Å². The van der Waals surface area contributed by atoms with Crippen molar-refractivity contribution in [1.82, 2.24) is 15.1 Å². The Bertz CT molecular complexity index is 1270. The number of nitriles is 1. The quantitative estimate of drug-likeness (QED) is 0.525. The lowest BCUT2D eigenvalue weighted by molar-refractivity contribution is -0.119. The smallest absolute Gasteiger partial charge is 0.322 e. The molecule has 200 valence electrons. The first-order chi connectivity index (χ1) is 18.3. The standard InChI is InChI=1S/C29H33ClFN5O2/c1-19(37)33-24-8-10-35(18-24)11-12-36(28(38)34-23-5-6-27(31)26(30)15-23)25-7-9-29(16-22(29)14-25)21-4-2-3-20(13-21)17-32/h2-6,13,15,22,24-25H,7-12,14,16,18H2,1H3,(H,33,37)(H,34,38)/t22?,24?,25-,29-/m1/s1. The van der Waals surface area contributed by atoms with Gasteiger partial charge in [0.2, 0.25) is 5.91 Å². The fourth-order valence-corrected chi connectivity index (χ4v) is 6.64. The van der Waals surface area contributed by atoms with Gasteiger partial charge < -0.3 is 15.5 Å². The summed E-state index contributed by atoms with van der Waals surface area (Å²) in [5.41, 5.74) is 2.49. The first-order valence-electron chi connectivity index (χ1n) is 13.3. The summed E-state index contributed by atoms with van der Waals surface area (Å²) < 4.78 is 13.7. The lowest BCUT2D eigenvalue weighted by atomic mass is 9.80. The van der Waals surface area contributed by atoms with E-state index in [9.17, 15) is 19.2 Å². The molecule has 3 amide bonds. The summed E-state index contributed by atoms with van der Waals surface area (Å²) in [5, 5.41) is 15.2. The van der Waals surface area contributed by atoms with Crippen LogP contribution >= 0.6 is 11.6 Å². The van der Waals surface area contributed by atoms with Gasteiger partial charge >= 0.3 is 6.03 Å². The number of halogens is 2. The third-order valence-electron chi connectivity index (χ3n) is 8.49. The number of nitrogens with one attached hydrogen (secondary N) is 2. The van der Waals surface area contributed by atoms with Gasteiger partial charge in [0.25, 0.3) is 0 Å². The SMILES string of the molecule is CC(=O)NC1CCN(CCN(C(=O)Nc2ccc(F)c(Cl)c2)[C@@H]2CC[C@]3(c4cccc(C#N)c4)CC3C2)C1. The van der Waals surface area contributed by atoms with Crippen molar-refractivity contribution < 1.29 is 14.0 Å². The van der Waals surface area contributed by atoms with Crippen LogP contribution in [0.5, 0.6) is 0 Å². The Labute approximate surface area is 227 Å². The molecule has 2 N–H and O–H groups in total. The first kappa shape index (κ1) is 26.5. The molecule has 2 aromatic rings. The molecule has 2 aromatic carbocycles. The molecule has 0 spiro atoms. The molecule has 38 heavy (non-hydrogen) atoms. The number of nitrogens with zero attached hydrogens (tertiary/aromatic N) is 3. The lowest BCUT2D eigenvalue weighted by Crippen LogP contribution is -2.48. The molecular formula is C29H33ClFN5O2. The number of hydrogen-bond donors (Lipinski definition) is 2. The molecule has 2 saturated carbocycles. The number of hydrogen-bond acceptors (Lipinski definition) is 4. The van der Waals surface area contributed by atoms with Gasteiger partial charge in [-0.25, -0.2) is 9.18 Å². The summed E-state index contributed by atoms with van der Waals surface area (Å²) in [6, 6.07) is 14.4. The largest absolute Gasteiger partial charge is 0.352 e. The van der Waals surface area contributed by atoms with Crippen molar-refractivity contribution in [2.75, 3.05) is 31.5 Å². The van der Waals surface area contributed by atoms with Crippen molar-refractivity contribution in [3.63, 3.8) is 0 Å². The van der Waals surface area contributed by atoms with E-state index in [1.165, 1.54) is 30.7 Å². The maximum Gasteiger partial charge on any atom is 0.322 e. The number of carbonyl (C=O) groups excluding carboxylic acids is 2.